The van der Waals surface area contributed by atoms with E-state index in [1.54, 1.807) is 5.56 Å². The van der Waals surface area contributed by atoms with Crippen molar-refractivity contribution in [3.63, 3.8) is 0 Å². The Bertz CT molecular complexity index is 1050. The Hall–Kier alpha value is -1.49. The average molecular weight is 435 g/mol. The first kappa shape index (κ1) is 18.3. The molecule has 3 aliphatic rings. The van der Waals surface area contributed by atoms with Gasteiger partial charge in [0, 0.05) is 32.1 Å². The highest BCUT2D eigenvalue weighted by atomic mass is 32.2. The molecule has 1 nitrogen and oxygen atoms in total. The zero-order chi connectivity index (χ0) is 19.2. The molecule has 0 N–H and O–H groups in total. The van der Waals surface area contributed by atoms with Crippen molar-refractivity contribution >= 4 is 35.3 Å². The van der Waals surface area contributed by atoms with Crippen LogP contribution in [0.2, 0.25) is 0 Å². The predicted molar refractivity (Wildman–Crippen MR) is 125 cm³/mol. The second-order valence-electron chi connectivity index (χ2n) is 7.86. The molecule has 3 aromatic carbocycles. The maximum Gasteiger partial charge on any atom is 0.128 e. The molecule has 2 unspecified atom stereocenters. The minimum atomic E-state index is 0.152. The molecule has 0 saturated carbocycles. The third kappa shape index (κ3) is 3.49. The number of aryl methyl sites for hydroxylation is 1. The molecule has 0 fully saturated rings. The molecule has 0 aliphatic carbocycles. The van der Waals surface area contributed by atoms with Crippen molar-refractivity contribution in [2.45, 2.75) is 45.3 Å². The fourth-order valence-corrected chi connectivity index (χ4v) is 8.08. The minimum Gasteiger partial charge on any atom is -0.485 e. The second kappa shape index (κ2) is 7.64. The first-order valence-corrected chi connectivity index (χ1v) is 13.1. The zero-order valence-electron chi connectivity index (χ0n) is 16.1. The highest BCUT2D eigenvalue weighted by Gasteiger charge is 2.27. The van der Waals surface area contributed by atoms with Gasteiger partial charge in [-0.2, -0.15) is 0 Å². The van der Waals surface area contributed by atoms with Crippen LogP contribution in [0.5, 0.6) is 5.75 Å². The van der Waals surface area contributed by atoms with Crippen LogP contribution in [0.25, 0.3) is 0 Å². The third-order valence-electron chi connectivity index (χ3n) is 5.95. The number of hydrogen-bond donors (Lipinski definition) is 0. The summed E-state index contributed by atoms with van der Waals surface area (Å²) in [5.74, 6) is 3.45. The number of hydrogen-bond acceptors (Lipinski definition) is 4. The normalized spacial score (nSPS) is 22.3. The molecule has 0 amide bonds. The topological polar surface area (TPSA) is 9.23 Å². The van der Waals surface area contributed by atoms with E-state index in [2.05, 4.69) is 60.7 Å². The van der Waals surface area contributed by atoms with Gasteiger partial charge in [0.2, 0.25) is 0 Å². The molecule has 6 rings (SSSR count). The van der Waals surface area contributed by atoms with Crippen LogP contribution in [0.3, 0.4) is 0 Å². The summed E-state index contributed by atoms with van der Waals surface area (Å²) in [7, 11) is 0. The fraction of sp³-hybridized carbons (Fsp3) is 0.280. The Kier molecular flexibility index (Phi) is 4.82. The number of para-hydroxylation sites is 1. The first-order chi connectivity index (χ1) is 14.3. The van der Waals surface area contributed by atoms with Crippen molar-refractivity contribution in [1.29, 1.82) is 0 Å². The van der Waals surface area contributed by atoms with Crippen LogP contribution in [0, 0.1) is 0 Å². The Balaban J connectivity index is 1.22. The lowest BCUT2D eigenvalue weighted by atomic mass is 10.0. The number of thioether (sulfide) groups is 3. The molecule has 3 heterocycles. The molecule has 0 radical (unpaired) electrons. The summed E-state index contributed by atoms with van der Waals surface area (Å²) >= 11 is 6.05. The van der Waals surface area contributed by atoms with Crippen molar-refractivity contribution in [2.24, 2.45) is 0 Å². The lowest BCUT2D eigenvalue weighted by molar-refractivity contribution is 0.238. The van der Waals surface area contributed by atoms with E-state index in [0.29, 0.717) is 5.25 Å². The van der Waals surface area contributed by atoms with E-state index in [0.717, 1.165) is 17.9 Å². The fourth-order valence-electron chi connectivity index (χ4n) is 4.40. The van der Waals surface area contributed by atoms with Gasteiger partial charge >= 0.3 is 0 Å². The molecule has 0 bridgehead atoms. The average Bonchev–Trinajstić information content (AvgIpc) is 3.22. The molecule has 146 valence electrons. The van der Waals surface area contributed by atoms with E-state index in [1.165, 1.54) is 50.0 Å². The van der Waals surface area contributed by atoms with Gasteiger partial charge in [0.05, 0.1) is 0 Å². The Labute approximate surface area is 185 Å². The summed E-state index contributed by atoms with van der Waals surface area (Å²) < 4.78 is 6.21. The van der Waals surface area contributed by atoms with Crippen LogP contribution in [0.1, 0.15) is 40.0 Å². The maximum absolute atomic E-state index is 6.21. The highest BCUT2D eigenvalue weighted by molar-refractivity contribution is 8.05. The van der Waals surface area contributed by atoms with Crippen molar-refractivity contribution in [1.82, 2.24) is 0 Å². The predicted octanol–water partition coefficient (Wildman–Crippen LogP) is 7.34. The SMILES string of the molecule is c1ccc2c(c1)CC(c1ccc3c(c1)SCC(c1ccc4c(c1)CCCS4)S3)O2. The number of fused-ring (bicyclic) bond motifs is 3. The number of ether oxygens (including phenoxy) is 1. The molecule has 4 heteroatoms. The van der Waals surface area contributed by atoms with Crippen LogP contribution in [-0.4, -0.2) is 11.5 Å². The molecule has 0 spiro atoms. The van der Waals surface area contributed by atoms with Crippen LogP contribution in [0.4, 0.5) is 0 Å². The van der Waals surface area contributed by atoms with Gasteiger partial charge in [-0.3, -0.25) is 0 Å². The van der Waals surface area contributed by atoms with Crippen LogP contribution in [0.15, 0.2) is 75.4 Å². The van der Waals surface area contributed by atoms with E-state index in [9.17, 15) is 0 Å². The summed E-state index contributed by atoms with van der Waals surface area (Å²) in [5, 5.41) is 0.544. The quantitative estimate of drug-likeness (QED) is 0.417. The Morgan fingerprint density at radius 2 is 1.69 bits per heavy atom. The van der Waals surface area contributed by atoms with Gasteiger partial charge in [0.1, 0.15) is 11.9 Å². The van der Waals surface area contributed by atoms with Crippen LogP contribution >= 0.6 is 35.3 Å². The minimum absolute atomic E-state index is 0.152. The van der Waals surface area contributed by atoms with Crippen LogP contribution in [-0.2, 0) is 12.8 Å². The maximum atomic E-state index is 6.21. The molecule has 2 atom stereocenters. The largest absolute Gasteiger partial charge is 0.485 e. The van der Waals surface area contributed by atoms with Crippen molar-refractivity contribution in [3.05, 3.63) is 82.9 Å². The summed E-state index contributed by atoms with van der Waals surface area (Å²) in [5.41, 5.74) is 5.68. The Morgan fingerprint density at radius 3 is 2.66 bits per heavy atom. The van der Waals surface area contributed by atoms with Gasteiger partial charge in [-0.05, 0) is 65.1 Å². The van der Waals surface area contributed by atoms with Gasteiger partial charge in [0.25, 0.3) is 0 Å². The lowest BCUT2D eigenvalue weighted by Crippen LogP contribution is -2.07. The monoisotopic (exact) mass is 434 g/mol. The van der Waals surface area contributed by atoms with E-state index >= 15 is 0 Å². The van der Waals surface area contributed by atoms with Crippen molar-refractivity contribution in [3.8, 4) is 5.75 Å². The van der Waals surface area contributed by atoms with E-state index in [1.807, 2.05) is 35.3 Å². The van der Waals surface area contributed by atoms with Crippen molar-refractivity contribution < 1.29 is 4.74 Å². The number of rotatable bonds is 2. The standard InChI is InChI=1S/C25H22OS3/c1-2-6-20-16(4-1)13-21(26-20)17-7-10-23-24(14-17)28-15-25(29-23)19-8-9-22-18(12-19)5-3-11-27-22/h1-2,4,6-10,12,14,21,25H,3,5,11,13,15H2. The zero-order valence-corrected chi connectivity index (χ0v) is 18.5. The van der Waals surface area contributed by atoms with E-state index < -0.39 is 0 Å². The molecular weight excluding hydrogens is 412 g/mol. The van der Waals surface area contributed by atoms with Gasteiger partial charge in [0.15, 0.2) is 0 Å². The van der Waals surface area contributed by atoms with Gasteiger partial charge < -0.3 is 4.74 Å². The van der Waals surface area contributed by atoms with Crippen molar-refractivity contribution in [2.75, 3.05) is 11.5 Å². The van der Waals surface area contributed by atoms with Crippen LogP contribution < -0.4 is 4.74 Å². The summed E-state index contributed by atoms with van der Waals surface area (Å²) in [4.78, 5) is 4.32. The highest BCUT2D eigenvalue weighted by Crippen LogP contribution is 2.49. The molecule has 29 heavy (non-hydrogen) atoms. The molecule has 3 aliphatic heterocycles. The second-order valence-corrected chi connectivity index (χ2v) is 11.3. The molecular formula is C25H22OS3. The molecule has 0 saturated heterocycles. The first-order valence-electron chi connectivity index (χ1n) is 10.3. The number of benzene rings is 3. The summed E-state index contributed by atoms with van der Waals surface area (Å²) in [6.45, 7) is 0. The van der Waals surface area contributed by atoms with Gasteiger partial charge in [-0.15, -0.1) is 35.3 Å². The van der Waals surface area contributed by atoms with Gasteiger partial charge in [-0.25, -0.2) is 0 Å². The van der Waals surface area contributed by atoms with E-state index in [4.69, 9.17) is 4.74 Å². The third-order valence-corrected chi connectivity index (χ3v) is 9.97. The Morgan fingerprint density at radius 1 is 0.793 bits per heavy atom. The summed E-state index contributed by atoms with van der Waals surface area (Å²) in [6.07, 6.45) is 3.68. The summed E-state index contributed by atoms with van der Waals surface area (Å²) in [6, 6.07) is 22.6. The van der Waals surface area contributed by atoms with Gasteiger partial charge in [-0.1, -0.05) is 36.4 Å². The molecule has 0 aromatic heterocycles. The van der Waals surface area contributed by atoms with E-state index in [-0.39, 0.29) is 6.10 Å². The lowest BCUT2D eigenvalue weighted by Gasteiger charge is -2.26. The molecule has 3 aromatic rings. The smallest absolute Gasteiger partial charge is 0.128 e.